The number of carboxylic acid groups (broad SMARTS) is 1. The van der Waals surface area contributed by atoms with Crippen LogP contribution in [0.5, 0.6) is 0 Å². The third-order valence-corrected chi connectivity index (χ3v) is 2.68. The highest BCUT2D eigenvalue weighted by Gasteiger charge is 2.23. The van der Waals surface area contributed by atoms with Gasteiger partial charge in [0.2, 0.25) is 0 Å². The normalized spacial score (nSPS) is 15.4. The molecule has 0 unspecified atom stereocenters. The van der Waals surface area contributed by atoms with Crippen LogP contribution in [0.4, 0.5) is 11.6 Å². The van der Waals surface area contributed by atoms with Crippen molar-refractivity contribution in [2.75, 3.05) is 36.9 Å². The number of hydrogen-bond acceptors (Lipinski definition) is 6. The number of nitrogen functional groups attached to an aromatic ring is 1. The molecule has 2 rings (SSSR count). The number of morpholine rings is 1. The maximum Gasteiger partial charge on any atom is 0.325 e. The van der Waals surface area contributed by atoms with Crippen molar-refractivity contribution in [3.63, 3.8) is 0 Å². The molecule has 0 atom stereocenters. The Balaban J connectivity index is 2.34. The zero-order valence-corrected chi connectivity index (χ0v) is 9.67. The van der Waals surface area contributed by atoms with Gasteiger partial charge < -0.3 is 20.5 Å². The second kappa shape index (κ2) is 4.93. The number of nitrogens with zero attached hydrogens (tertiary/aromatic N) is 4. The van der Waals surface area contributed by atoms with Gasteiger partial charge in [-0.2, -0.15) is 10.4 Å². The molecule has 1 fully saturated rings. The average Bonchev–Trinajstić information content (AvgIpc) is 2.67. The molecule has 8 heteroatoms. The summed E-state index contributed by atoms with van der Waals surface area (Å²) in [5.74, 6) is -0.539. The molecule has 0 aliphatic carbocycles. The van der Waals surface area contributed by atoms with Crippen molar-refractivity contribution in [3.8, 4) is 6.07 Å². The summed E-state index contributed by atoms with van der Waals surface area (Å²) < 4.78 is 6.34. The van der Waals surface area contributed by atoms with Crippen molar-refractivity contribution in [2.45, 2.75) is 6.54 Å². The zero-order valence-electron chi connectivity index (χ0n) is 9.67. The standard InChI is InChI=1S/C10H13N5O3/c11-5-7-9(12)15(6-8(16)17)13-10(7)14-1-3-18-4-2-14/h1-4,6,12H2,(H,16,17). The van der Waals surface area contributed by atoms with E-state index in [0.717, 1.165) is 4.68 Å². The second-order valence-corrected chi connectivity index (χ2v) is 3.85. The Hall–Kier alpha value is -2.27. The summed E-state index contributed by atoms with van der Waals surface area (Å²) in [6, 6.07) is 1.97. The van der Waals surface area contributed by atoms with Crippen LogP contribution in [0.1, 0.15) is 5.56 Å². The van der Waals surface area contributed by atoms with Crippen molar-refractivity contribution in [3.05, 3.63) is 5.56 Å². The molecule has 1 aliphatic rings. The maximum absolute atomic E-state index is 10.7. The van der Waals surface area contributed by atoms with Crippen molar-refractivity contribution in [2.24, 2.45) is 0 Å². The molecule has 1 aliphatic heterocycles. The Kier molecular flexibility index (Phi) is 3.34. The lowest BCUT2D eigenvalue weighted by atomic mass is 10.3. The first-order valence-corrected chi connectivity index (χ1v) is 5.44. The number of ether oxygens (including phenoxy) is 1. The quantitative estimate of drug-likeness (QED) is 0.726. The minimum Gasteiger partial charge on any atom is -0.480 e. The lowest BCUT2D eigenvalue weighted by Crippen LogP contribution is -2.37. The molecule has 0 amide bonds. The van der Waals surface area contributed by atoms with Gasteiger partial charge in [0.15, 0.2) is 5.82 Å². The number of hydrogen-bond donors (Lipinski definition) is 2. The lowest BCUT2D eigenvalue weighted by Gasteiger charge is -2.26. The monoisotopic (exact) mass is 251 g/mol. The van der Waals surface area contributed by atoms with Crippen LogP contribution in [0, 0.1) is 11.3 Å². The Morgan fingerprint density at radius 3 is 2.78 bits per heavy atom. The number of aromatic nitrogens is 2. The van der Waals surface area contributed by atoms with Crippen molar-refractivity contribution in [1.82, 2.24) is 9.78 Å². The predicted octanol–water partition coefficient (Wildman–Crippen LogP) is -0.742. The van der Waals surface area contributed by atoms with E-state index in [1.165, 1.54) is 0 Å². The molecule has 0 bridgehead atoms. The van der Waals surface area contributed by atoms with E-state index in [1.54, 1.807) is 0 Å². The van der Waals surface area contributed by atoms with Crippen LogP contribution in [0.2, 0.25) is 0 Å². The van der Waals surface area contributed by atoms with Gasteiger partial charge in [0.25, 0.3) is 0 Å². The fourth-order valence-corrected chi connectivity index (χ4v) is 1.81. The first-order chi connectivity index (χ1) is 8.63. The van der Waals surface area contributed by atoms with Crippen molar-refractivity contribution < 1.29 is 14.6 Å². The molecule has 8 nitrogen and oxygen atoms in total. The van der Waals surface area contributed by atoms with Crippen molar-refractivity contribution >= 4 is 17.6 Å². The highest BCUT2D eigenvalue weighted by molar-refractivity contribution is 5.70. The van der Waals surface area contributed by atoms with Gasteiger partial charge >= 0.3 is 5.97 Å². The Morgan fingerprint density at radius 1 is 1.56 bits per heavy atom. The number of anilines is 2. The van der Waals surface area contributed by atoms with Gasteiger partial charge in [0.05, 0.1) is 13.2 Å². The van der Waals surface area contributed by atoms with E-state index >= 15 is 0 Å². The average molecular weight is 251 g/mol. The van der Waals surface area contributed by atoms with Gasteiger partial charge in [0, 0.05) is 13.1 Å². The van der Waals surface area contributed by atoms with E-state index in [1.807, 2.05) is 11.0 Å². The third kappa shape index (κ3) is 2.21. The Morgan fingerprint density at radius 2 is 2.22 bits per heavy atom. The number of nitriles is 1. The van der Waals surface area contributed by atoms with Crippen LogP contribution in [0.15, 0.2) is 0 Å². The number of rotatable bonds is 3. The minimum absolute atomic E-state index is 0.0846. The van der Waals surface area contributed by atoms with E-state index in [0.29, 0.717) is 32.1 Å². The van der Waals surface area contributed by atoms with Crippen molar-refractivity contribution in [1.29, 1.82) is 5.26 Å². The first kappa shape index (κ1) is 12.2. The molecule has 0 spiro atoms. The van der Waals surface area contributed by atoms with E-state index in [2.05, 4.69) is 5.10 Å². The number of aliphatic carboxylic acids is 1. The molecule has 96 valence electrons. The zero-order chi connectivity index (χ0) is 13.1. The highest BCUT2D eigenvalue weighted by atomic mass is 16.5. The molecule has 1 aromatic heterocycles. The largest absolute Gasteiger partial charge is 0.480 e. The van der Waals surface area contributed by atoms with Gasteiger partial charge in [-0.15, -0.1) is 0 Å². The summed E-state index contributed by atoms with van der Waals surface area (Å²) in [7, 11) is 0. The van der Waals surface area contributed by atoms with Crippen LogP contribution in [0.25, 0.3) is 0 Å². The SMILES string of the molecule is N#Cc1c(N2CCOCC2)nn(CC(=O)O)c1N. The molecule has 0 aromatic carbocycles. The summed E-state index contributed by atoms with van der Waals surface area (Å²) in [6.07, 6.45) is 0. The summed E-state index contributed by atoms with van der Waals surface area (Å²) in [6.45, 7) is 1.97. The predicted molar refractivity (Wildman–Crippen MR) is 62.0 cm³/mol. The number of carbonyl (C=O) groups is 1. The van der Waals surface area contributed by atoms with Crippen LogP contribution in [-0.4, -0.2) is 47.2 Å². The van der Waals surface area contributed by atoms with Crippen LogP contribution in [0.3, 0.4) is 0 Å². The highest BCUT2D eigenvalue weighted by Crippen LogP contribution is 2.24. The summed E-state index contributed by atoms with van der Waals surface area (Å²) in [5.41, 5.74) is 5.95. The number of carboxylic acids is 1. The molecular weight excluding hydrogens is 238 g/mol. The molecular formula is C10H13N5O3. The summed E-state index contributed by atoms with van der Waals surface area (Å²) in [4.78, 5) is 12.5. The van der Waals surface area contributed by atoms with Gasteiger partial charge in [-0.3, -0.25) is 4.79 Å². The molecule has 1 saturated heterocycles. The lowest BCUT2D eigenvalue weighted by molar-refractivity contribution is -0.137. The smallest absolute Gasteiger partial charge is 0.325 e. The van der Waals surface area contributed by atoms with E-state index in [-0.39, 0.29) is 17.9 Å². The van der Waals surface area contributed by atoms with Crippen LogP contribution >= 0.6 is 0 Å². The van der Waals surface area contributed by atoms with Gasteiger partial charge in [-0.1, -0.05) is 0 Å². The third-order valence-electron chi connectivity index (χ3n) is 2.68. The second-order valence-electron chi connectivity index (χ2n) is 3.85. The Bertz CT molecular complexity index is 498. The summed E-state index contributed by atoms with van der Waals surface area (Å²) >= 11 is 0. The fourth-order valence-electron chi connectivity index (χ4n) is 1.81. The minimum atomic E-state index is -1.05. The fraction of sp³-hybridized carbons (Fsp3) is 0.500. The molecule has 3 N–H and O–H groups in total. The molecule has 0 radical (unpaired) electrons. The van der Waals surface area contributed by atoms with Gasteiger partial charge in [-0.25, -0.2) is 4.68 Å². The Labute approximate surface area is 103 Å². The maximum atomic E-state index is 10.7. The molecule has 2 heterocycles. The van der Waals surface area contributed by atoms with Gasteiger partial charge in [0.1, 0.15) is 24.0 Å². The summed E-state index contributed by atoms with van der Waals surface area (Å²) in [5, 5.41) is 21.9. The molecule has 0 saturated carbocycles. The van der Waals surface area contributed by atoms with E-state index in [9.17, 15) is 4.79 Å². The molecule has 1 aromatic rings. The first-order valence-electron chi connectivity index (χ1n) is 5.44. The van der Waals surface area contributed by atoms with E-state index in [4.69, 9.17) is 20.8 Å². The van der Waals surface area contributed by atoms with Crippen LogP contribution in [-0.2, 0) is 16.1 Å². The molecule has 18 heavy (non-hydrogen) atoms. The van der Waals surface area contributed by atoms with Gasteiger partial charge in [-0.05, 0) is 0 Å². The number of nitrogens with two attached hydrogens (primary N) is 1. The topological polar surface area (TPSA) is 117 Å². The van der Waals surface area contributed by atoms with E-state index < -0.39 is 5.97 Å². The van der Waals surface area contributed by atoms with Crippen LogP contribution < -0.4 is 10.6 Å².